The Morgan fingerprint density at radius 3 is 2.67 bits per heavy atom. The second kappa shape index (κ2) is 9.31. The van der Waals surface area contributed by atoms with Crippen LogP contribution in [0.2, 0.25) is 5.02 Å². The van der Waals surface area contributed by atoms with Crippen molar-refractivity contribution in [3.05, 3.63) is 75.8 Å². The van der Waals surface area contributed by atoms with Crippen molar-refractivity contribution in [3.8, 4) is 16.6 Å². The molecule has 2 aromatic carbocycles. The molecule has 0 unspecified atom stereocenters. The van der Waals surface area contributed by atoms with Gasteiger partial charge in [0.05, 0.1) is 22.3 Å². The third-order valence-corrected chi connectivity index (χ3v) is 5.34. The number of carbonyl (C=O) groups excluding carboxylic acids is 1. The number of nitrogens with one attached hydrogen (secondary N) is 1. The molecular weight excluding hydrogens is 378 g/mol. The van der Waals surface area contributed by atoms with Gasteiger partial charge in [0, 0.05) is 30.3 Å². The summed E-state index contributed by atoms with van der Waals surface area (Å²) in [5, 5.41) is 15.3. The first-order chi connectivity index (χ1) is 13.2. The molecule has 0 radical (unpaired) electrons. The first-order valence-electron chi connectivity index (χ1n) is 8.61. The molecular formula is C21H18ClN3OS. The number of aryl methyl sites for hydroxylation is 1. The Bertz CT molecular complexity index is 960. The van der Waals surface area contributed by atoms with Crippen LogP contribution in [0.4, 0.5) is 0 Å². The number of carbonyl (C=O) groups is 1. The van der Waals surface area contributed by atoms with E-state index in [1.165, 1.54) is 0 Å². The molecule has 136 valence electrons. The van der Waals surface area contributed by atoms with Crippen LogP contribution in [0.1, 0.15) is 23.2 Å². The summed E-state index contributed by atoms with van der Waals surface area (Å²) in [6, 6.07) is 17.0. The molecule has 1 N–H and O–H groups in total. The summed E-state index contributed by atoms with van der Waals surface area (Å²) in [6.07, 6.45) is 1.77. The monoisotopic (exact) mass is 395 g/mol. The van der Waals surface area contributed by atoms with E-state index in [4.69, 9.17) is 16.9 Å². The van der Waals surface area contributed by atoms with Crippen LogP contribution < -0.4 is 5.32 Å². The highest BCUT2D eigenvalue weighted by Gasteiger charge is 2.08. The van der Waals surface area contributed by atoms with E-state index in [0.717, 1.165) is 21.8 Å². The zero-order valence-corrected chi connectivity index (χ0v) is 16.2. The van der Waals surface area contributed by atoms with Gasteiger partial charge in [0.1, 0.15) is 5.01 Å². The predicted molar refractivity (Wildman–Crippen MR) is 109 cm³/mol. The van der Waals surface area contributed by atoms with Gasteiger partial charge in [-0.1, -0.05) is 41.9 Å². The van der Waals surface area contributed by atoms with Gasteiger partial charge in [-0.2, -0.15) is 5.26 Å². The zero-order chi connectivity index (χ0) is 19.1. The van der Waals surface area contributed by atoms with E-state index in [1.54, 1.807) is 23.5 Å². The van der Waals surface area contributed by atoms with E-state index in [1.807, 2.05) is 41.8 Å². The van der Waals surface area contributed by atoms with Crippen molar-refractivity contribution in [2.45, 2.75) is 19.3 Å². The quantitative estimate of drug-likeness (QED) is 0.634. The van der Waals surface area contributed by atoms with E-state index < -0.39 is 0 Å². The first kappa shape index (κ1) is 19.1. The Morgan fingerprint density at radius 1 is 1.15 bits per heavy atom. The highest BCUT2D eigenvalue weighted by atomic mass is 35.5. The molecule has 4 nitrogen and oxygen atoms in total. The number of thiazole rings is 1. The summed E-state index contributed by atoms with van der Waals surface area (Å²) in [7, 11) is 0. The molecule has 0 spiro atoms. The summed E-state index contributed by atoms with van der Waals surface area (Å²) < 4.78 is 0. The number of nitrogens with zero attached hydrogens (tertiary/aromatic N) is 2. The highest BCUT2D eigenvalue weighted by molar-refractivity contribution is 7.13. The predicted octanol–water partition coefficient (Wildman–Crippen LogP) is 4.63. The normalized spacial score (nSPS) is 10.4. The van der Waals surface area contributed by atoms with Crippen LogP contribution in [0, 0.1) is 11.3 Å². The highest BCUT2D eigenvalue weighted by Crippen LogP contribution is 2.30. The minimum absolute atomic E-state index is 0.0147. The molecule has 0 bridgehead atoms. The summed E-state index contributed by atoms with van der Waals surface area (Å²) in [4.78, 5) is 16.6. The molecule has 0 atom stereocenters. The molecule has 6 heteroatoms. The van der Waals surface area contributed by atoms with E-state index in [9.17, 15) is 4.79 Å². The average molecular weight is 396 g/mol. The van der Waals surface area contributed by atoms with Gasteiger partial charge in [-0.3, -0.25) is 4.79 Å². The molecule has 3 rings (SSSR count). The molecule has 0 fully saturated rings. The van der Waals surface area contributed by atoms with Crippen molar-refractivity contribution in [2.24, 2.45) is 0 Å². The Hall–Kier alpha value is -2.68. The van der Waals surface area contributed by atoms with Crippen molar-refractivity contribution in [1.82, 2.24) is 10.3 Å². The van der Waals surface area contributed by atoms with Crippen molar-refractivity contribution in [1.29, 1.82) is 5.26 Å². The maximum absolute atomic E-state index is 12.0. The lowest BCUT2D eigenvalue weighted by Gasteiger charge is -2.04. The van der Waals surface area contributed by atoms with Gasteiger partial charge in [0.2, 0.25) is 5.91 Å². The number of aromatic nitrogens is 1. The molecule has 0 aliphatic heterocycles. The lowest BCUT2D eigenvalue weighted by atomic mass is 10.1. The van der Waals surface area contributed by atoms with Crippen LogP contribution in [0.3, 0.4) is 0 Å². The van der Waals surface area contributed by atoms with Crippen LogP contribution >= 0.6 is 22.9 Å². The molecule has 0 aliphatic rings. The van der Waals surface area contributed by atoms with Crippen LogP contribution in [-0.4, -0.2) is 17.4 Å². The molecule has 0 saturated heterocycles. The number of benzene rings is 2. The van der Waals surface area contributed by atoms with Gasteiger partial charge < -0.3 is 5.32 Å². The Labute approximate surface area is 167 Å². The fraction of sp³-hybridized carbons (Fsp3) is 0.190. The van der Waals surface area contributed by atoms with E-state index in [0.29, 0.717) is 36.4 Å². The van der Waals surface area contributed by atoms with Crippen LogP contribution in [0.5, 0.6) is 0 Å². The fourth-order valence-corrected chi connectivity index (χ4v) is 3.78. The minimum Gasteiger partial charge on any atom is -0.356 e. The lowest BCUT2D eigenvalue weighted by Crippen LogP contribution is -2.25. The number of rotatable bonds is 7. The Balaban J connectivity index is 1.44. The topological polar surface area (TPSA) is 65.8 Å². The number of nitriles is 1. The maximum Gasteiger partial charge on any atom is 0.220 e. The van der Waals surface area contributed by atoms with Crippen molar-refractivity contribution < 1.29 is 4.79 Å². The maximum atomic E-state index is 12.0. The second-order valence-corrected chi connectivity index (χ2v) is 7.30. The van der Waals surface area contributed by atoms with Gasteiger partial charge in [0.15, 0.2) is 0 Å². The lowest BCUT2D eigenvalue weighted by molar-refractivity contribution is -0.121. The summed E-state index contributed by atoms with van der Waals surface area (Å²) in [5.41, 5.74) is 3.56. The van der Waals surface area contributed by atoms with Crippen LogP contribution in [0.15, 0.2) is 53.9 Å². The number of hydrogen-bond acceptors (Lipinski definition) is 4. The summed E-state index contributed by atoms with van der Waals surface area (Å²) in [5.74, 6) is 0.0147. The van der Waals surface area contributed by atoms with Crippen LogP contribution in [-0.2, 0) is 17.6 Å². The molecule has 27 heavy (non-hydrogen) atoms. The van der Waals surface area contributed by atoms with Gasteiger partial charge in [-0.25, -0.2) is 4.98 Å². The van der Waals surface area contributed by atoms with E-state index >= 15 is 0 Å². The molecule has 1 amide bonds. The van der Waals surface area contributed by atoms with Gasteiger partial charge >= 0.3 is 0 Å². The minimum atomic E-state index is 0.0147. The fourth-order valence-electron chi connectivity index (χ4n) is 2.60. The molecule has 1 aromatic heterocycles. The third-order valence-electron chi connectivity index (χ3n) is 4.08. The van der Waals surface area contributed by atoms with Crippen molar-refractivity contribution in [2.75, 3.05) is 6.54 Å². The molecule has 3 aromatic rings. The second-order valence-electron chi connectivity index (χ2n) is 6.03. The Kier molecular flexibility index (Phi) is 6.59. The summed E-state index contributed by atoms with van der Waals surface area (Å²) >= 11 is 7.76. The van der Waals surface area contributed by atoms with Crippen molar-refractivity contribution >= 4 is 28.8 Å². The van der Waals surface area contributed by atoms with Crippen LogP contribution in [0.25, 0.3) is 10.6 Å². The largest absolute Gasteiger partial charge is 0.356 e. The molecule has 0 aliphatic carbocycles. The van der Waals surface area contributed by atoms with Gasteiger partial charge in [0.25, 0.3) is 0 Å². The SMILES string of the molecule is N#Cc1ccc(CCC(=O)NCCc2csc(-c3ccccc3Cl)n2)cc1. The standard InChI is InChI=1S/C21H18ClN3OS/c22-19-4-2-1-3-18(19)21-25-17(14-27-21)11-12-24-20(26)10-9-15-5-7-16(13-23)8-6-15/h1-8,14H,9-12H2,(H,24,26). The Morgan fingerprint density at radius 2 is 1.93 bits per heavy atom. The summed E-state index contributed by atoms with van der Waals surface area (Å²) in [6.45, 7) is 0.553. The third kappa shape index (κ3) is 5.40. The van der Waals surface area contributed by atoms with E-state index in [2.05, 4.69) is 16.4 Å². The first-order valence-corrected chi connectivity index (χ1v) is 9.86. The zero-order valence-electron chi connectivity index (χ0n) is 14.6. The number of amides is 1. The van der Waals surface area contributed by atoms with Gasteiger partial charge in [-0.05, 0) is 30.2 Å². The molecule has 0 saturated carbocycles. The number of halogens is 1. The smallest absolute Gasteiger partial charge is 0.220 e. The van der Waals surface area contributed by atoms with Crippen molar-refractivity contribution in [3.63, 3.8) is 0 Å². The van der Waals surface area contributed by atoms with E-state index in [-0.39, 0.29) is 5.91 Å². The van der Waals surface area contributed by atoms with Gasteiger partial charge in [-0.15, -0.1) is 11.3 Å². The number of hydrogen-bond donors (Lipinski definition) is 1. The average Bonchev–Trinajstić information content (AvgIpc) is 3.16. The molecule has 1 heterocycles.